The second-order valence-electron chi connectivity index (χ2n) is 6.95. The van der Waals surface area contributed by atoms with Crippen molar-refractivity contribution in [2.45, 2.75) is 44.4 Å². The molecule has 2 aromatic rings. The molecular formula is C22H25N3O2. The summed E-state index contributed by atoms with van der Waals surface area (Å²) in [7, 11) is 0. The summed E-state index contributed by atoms with van der Waals surface area (Å²) in [5.41, 5.74) is 3.97. The third-order valence-electron chi connectivity index (χ3n) is 4.94. The Labute approximate surface area is 160 Å². The van der Waals surface area contributed by atoms with Crippen LogP contribution < -0.4 is 10.6 Å². The molecule has 1 aliphatic rings. The number of aliphatic hydroxyl groups is 1. The molecule has 1 fully saturated rings. The maximum atomic E-state index is 12.3. The Hall–Kier alpha value is -2.68. The quantitative estimate of drug-likeness (QED) is 0.736. The molecule has 3 rings (SSSR count). The lowest BCUT2D eigenvalue weighted by Crippen LogP contribution is -2.49. The largest absolute Gasteiger partial charge is 0.392 e. The molecule has 3 N–H and O–H groups in total. The van der Waals surface area contributed by atoms with Gasteiger partial charge in [-0.05, 0) is 47.7 Å². The molecule has 1 amide bonds. The molecule has 0 saturated carbocycles. The van der Waals surface area contributed by atoms with E-state index in [0.717, 1.165) is 48.1 Å². The highest BCUT2D eigenvalue weighted by Crippen LogP contribution is 2.21. The molecule has 1 aliphatic heterocycles. The normalized spacial score (nSPS) is 17.7. The third-order valence-corrected chi connectivity index (χ3v) is 4.94. The van der Waals surface area contributed by atoms with Gasteiger partial charge in [0.2, 0.25) is 5.91 Å². The number of nitriles is 1. The van der Waals surface area contributed by atoms with Crippen LogP contribution in [-0.4, -0.2) is 29.6 Å². The number of hydrogen-bond acceptors (Lipinski definition) is 4. The summed E-state index contributed by atoms with van der Waals surface area (Å²) < 4.78 is 0. The summed E-state index contributed by atoms with van der Waals surface area (Å²) in [5.74, 6) is -0.0845. The number of aliphatic hydroxyl groups excluding tert-OH is 1. The lowest BCUT2D eigenvalue weighted by atomic mass is 9.99. The predicted octanol–water partition coefficient (Wildman–Crippen LogP) is 2.54. The van der Waals surface area contributed by atoms with Crippen molar-refractivity contribution in [3.05, 3.63) is 59.7 Å². The number of amides is 1. The van der Waals surface area contributed by atoms with Crippen LogP contribution in [0.5, 0.6) is 0 Å². The van der Waals surface area contributed by atoms with Crippen molar-refractivity contribution in [2.24, 2.45) is 0 Å². The number of carbonyl (C=O) groups excluding carboxylic acids is 1. The minimum Gasteiger partial charge on any atom is -0.392 e. The summed E-state index contributed by atoms with van der Waals surface area (Å²) in [4.78, 5) is 12.3. The second kappa shape index (κ2) is 9.31. The topological polar surface area (TPSA) is 85.2 Å². The smallest absolute Gasteiger partial charge is 0.238 e. The molecule has 0 radical (unpaired) electrons. The van der Waals surface area contributed by atoms with E-state index in [4.69, 9.17) is 0 Å². The van der Waals surface area contributed by atoms with Crippen molar-refractivity contribution in [1.29, 1.82) is 5.26 Å². The van der Waals surface area contributed by atoms with Crippen LogP contribution in [0, 0.1) is 11.3 Å². The minimum atomic E-state index is -0.537. The Morgan fingerprint density at radius 3 is 2.67 bits per heavy atom. The van der Waals surface area contributed by atoms with Crippen molar-refractivity contribution in [1.82, 2.24) is 10.6 Å². The first-order chi connectivity index (χ1) is 13.2. The Kier molecular flexibility index (Phi) is 6.59. The lowest BCUT2D eigenvalue weighted by Gasteiger charge is -2.23. The Bertz CT molecular complexity index is 805. The van der Waals surface area contributed by atoms with Gasteiger partial charge in [0.05, 0.1) is 18.7 Å². The van der Waals surface area contributed by atoms with Gasteiger partial charge in [-0.25, -0.2) is 0 Å². The number of hydrogen-bond donors (Lipinski definition) is 3. The van der Waals surface area contributed by atoms with Gasteiger partial charge in [-0.2, -0.15) is 5.26 Å². The third kappa shape index (κ3) is 5.16. The average molecular weight is 363 g/mol. The van der Waals surface area contributed by atoms with Gasteiger partial charge in [-0.1, -0.05) is 48.9 Å². The van der Waals surface area contributed by atoms with E-state index < -0.39 is 6.04 Å². The predicted molar refractivity (Wildman–Crippen MR) is 105 cm³/mol. The zero-order valence-electron chi connectivity index (χ0n) is 15.3. The van der Waals surface area contributed by atoms with Crippen molar-refractivity contribution in [2.75, 3.05) is 6.54 Å². The van der Waals surface area contributed by atoms with Crippen LogP contribution in [0.25, 0.3) is 11.1 Å². The molecule has 1 heterocycles. The molecule has 2 aromatic carbocycles. The lowest BCUT2D eigenvalue weighted by molar-refractivity contribution is -0.124. The molecule has 2 atom stereocenters. The van der Waals surface area contributed by atoms with Gasteiger partial charge in [-0.3, -0.25) is 4.79 Å². The monoisotopic (exact) mass is 363 g/mol. The highest BCUT2D eigenvalue weighted by atomic mass is 16.3. The van der Waals surface area contributed by atoms with Gasteiger partial charge >= 0.3 is 0 Å². The molecule has 1 unspecified atom stereocenters. The second-order valence-corrected chi connectivity index (χ2v) is 6.95. The summed E-state index contributed by atoms with van der Waals surface area (Å²) >= 11 is 0. The van der Waals surface area contributed by atoms with E-state index in [9.17, 15) is 15.2 Å². The van der Waals surface area contributed by atoms with Crippen LogP contribution in [-0.2, 0) is 17.8 Å². The number of carbonyl (C=O) groups is 1. The van der Waals surface area contributed by atoms with E-state index in [1.807, 2.05) is 48.5 Å². The van der Waals surface area contributed by atoms with Crippen LogP contribution in [0.4, 0.5) is 0 Å². The van der Waals surface area contributed by atoms with Crippen LogP contribution in [0.1, 0.15) is 30.4 Å². The van der Waals surface area contributed by atoms with Crippen molar-refractivity contribution in [3.8, 4) is 17.2 Å². The van der Waals surface area contributed by atoms with E-state index in [2.05, 4.69) is 16.7 Å². The van der Waals surface area contributed by atoms with Gasteiger partial charge in [0.15, 0.2) is 0 Å². The van der Waals surface area contributed by atoms with E-state index in [1.54, 1.807) is 0 Å². The SMILES string of the molecule is N#C[C@H](Cc1ccc(-c2cccc(CO)c2)cc1)NC(=O)C1CCCCN1. The number of piperidine rings is 1. The fourth-order valence-electron chi connectivity index (χ4n) is 3.40. The molecule has 140 valence electrons. The van der Waals surface area contributed by atoms with Crippen molar-refractivity contribution in [3.63, 3.8) is 0 Å². The molecule has 0 bridgehead atoms. The van der Waals surface area contributed by atoms with Gasteiger partial charge in [0.1, 0.15) is 6.04 Å². The Balaban J connectivity index is 1.62. The number of nitrogens with zero attached hydrogens (tertiary/aromatic N) is 1. The fraction of sp³-hybridized carbons (Fsp3) is 0.364. The molecule has 0 spiro atoms. The highest BCUT2D eigenvalue weighted by molar-refractivity contribution is 5.82. The molecule has 5 heteroatoms. The zero-order valence-corrected chi connectivity index (χ0v) is 15.3. The first-order valence-electron chi connectivity index (χ1n) is 9.42. The summed E-state index contributed by atoms with van der Waals surface area (Å²) in [5, 5.41) is 24.8. The van der Waals surface area contributed by atoms with E-state index in [1.165, 1.54) is 0 Å². The van der Waals surface area contributed by atoms with E-state index in [0.29, 0.717) is 6.42 Å². The Morgan fingerprint density at radius 2 is 2.00 bits per heavy atom. The van der Waals surface area contributed by atoms with Crippen molar-refractivity contribution < 1.29 is 9.90 Å². The first kappa shape index (κ1) is 19.1. The van der Waals surface area contributed by atoms with Crippen LogP contribution in [0.2, 0.25) is 0 Å². The average Bonchev–Trinajstić information content (AvgIpc) is 2.74. The molecule has 0 aromatic heterocycles. The minimum absolute atomic E-state index is 0.0192. The standard InChI is InChI=1S/C22H25N3O2/c23-14-20(25-22(27)21-6-1-2-11-24-21)13-16-7-9-18(10-8-16)19-5-3-4-17(12-19)15-26/h3-5,7-10,12,20-21,24,26H,1-2,6,11,13,15H2,(H,25,27)/t20-,21?/m0/s1. The number of benzene rings is 2. The molecule has 0 aliphatic carbocycles. The van der Waals surface area contributed by atoms with Crippen LogP contribution in [0.15, 0.2) is 48.5 Å². The molecule has 27 heavy (non-hydrogen) atoms. The fourth-order valence-corrected chi connectivity index (χ4v) is 3.40. The molecular weight excluding hydrogens is 338 g/mol. The first-order valence-corrected chi connectivity index (χ1v) is 9.42. The van der Waals surface area contributed by atoms with Gasteiger partial charge < -0.3 is 15.7 Å². The summed E-state index contributed by atoms with van der Waals surface area (Å²) in [6, 6.07) is 17.2. The van der Waals surface area contributed by atoms with E-state index >= 15 is 0 Å². The van der Waals surface area contributed by atoms with Crippen molar-refractivity contribution >= 4 is 5.91 Å². The maximum absolute atomic E-state index is 12.3. The van der Waals surface area contributed by atoms with Gasteiger partial charge in [0, 0.05) is 6.42 Å². The van der Waals surface area contributed by atoms with Crippen LogP contribution >= 0.6 is 0 Å². The van der Waals surface area contributed by atoms with Gasteiger partial charge in [-0.15, -0.1) is 0 Å². The molecule has 5 nitrogen and oxygen atoms in total. The number of rotatable bonds is 6. The highest BCUT2D eigenvalue weighted by Gasteiger charge is 2.22. The van der Waals surface area contributed by atoms with E-state index in [-0.39, 0.29) is 18.6 Å². The summed E-state index contributed by atoms with van der Waals surface area (Å²) in [6.07, 6.45) is 3.44. The van der Waals surface area contributed by atoms with Crippen LogP contribution in [0.3, 0.4) is 0 Å². The molecule has 1 saturated heterocycles. The maximum Gasteiger partial charge on any atom is 0.238 e. The van der Waals surface area contributed by atoms with Gasteiger partial charge in [0.25, 0.3) is 0 Å². The summed E-state index contributed by atoms with van der Waals surface area (Å²) in [6.45, 7) is 0.875. The Morgan fingerprint density at radius 1 is 1.19 bits per heavy atom. The zero-order chi connectivity index (χ0) is 19.1. The number of nitrogens with one attached hydrogen (secondary N) is 2.